The van der Waals surface area contributed by atoms with Gasteiger partial charge < -0.3 is 45.5 Å². The zero-order valence-electron chi connectivity index (χ0n) is 49.1. The van der Waals surface area contributed by atoms with E-state index in [2.05, 4.69) is 67.0 Å². The Hall–Kier alpha value is -5.93. The molecule has 0 aliphatic heterocycles. The van der Waals surface area contributed by atoms with Crippen LogP contribution in [0.25, 0.3) is 12.2 Å². The van der Waals surface area contributed by atoms with Gasteiger partial charge in [-0.1, -0.05) is 108 Å². The predicted octanol–water partition coefficient (Wildman–Crippen LogP) is 11.6. The van der Waals surface area contributed by atoms with Gasteiger partial charge in [0.2, 0.25) is 11.8 Å². The third-order valence-electron chi connectivity index (χ3n) is 18.6. The summed E-state index contributed by atoms with van der Waals surface area (Å²) < 4.78 is 17.5. The third kappa shape index (κ3) is 16.6. The van der Waals surface area contributed by atoms with Crippen molar-refractivity contribution < 1.29 is 43.9 Å². The van der Waals surface area contributed by atoms with Crippen molar-refractivity contribution >= 4 is 29.7 Å². The van der Waals surface area contributed by atoms with Crippen LogP contribution in [0.3, 0.4) is 0 Å². The van der Waals surface area contributed by atoms with E-state index >= 15 is 0 Å². The molecule has 2 aromatic carbocycles. The molecule has 15 heteroatoms. The lowest BCUT2D eigenvalue weighted by molar-refractivity contribution is -0.131. The van der Waals surface area contributed by atoms with Crippen LogP contribution in [0, 0.1) is 46.3 Å². The monoisotopic (exact) mass is 1100 g/mol. The number of aromatic hydroxyl groups is 2. The van der Waals surface area contributed by atoms with E-state index in [1.54, 1.807) is 52.9 Å². The number of unbranched alkanes of at least 4 members (excludes halogenated alkanes) is 4. The number of hydrogen-bond acceptors (Lipinski definition) is 12. The minimum atomic E-state index is -0.457. The largest absolute Gasteiger partial charge is 0.508 e. The molecule has 0 saturated heterocycles. The number of aliphatic hydroxyl groups is 1. The first-order valence-corrected chi connectivity index (χ1v) is 30.0. The van der Waals surface area contributed by atoms with E-state index in [0.29, 0.717) is 53.3 Å². The summed E-state index contributed by atoms with van der Waals surface area (Å²) in [6.07, 6.45) is 30.5. The Morgan fingerprint density at radius 2 is 1.43 bits per heavy atom. The Balaban J connectivity index is 0.731. The number of carbonyl (C=O) groups is 3. The molecular weight excluding hydrogens is 1010 g/mol. The van der Waals surface area contributed by atoms with Crippen molar-refractivity contribution in [1.82, 2.24) is 30.9 Å². The van der Waals surface area contributed by atoms with Gasteiger partial charge in [-0.3, -0.25) is 19.1 Å². The first-order valence-electron chi connectivity index (χ1n) is 30.0. The number of aryl methyl sites for hydroxylation is 1. The van der Waals surface area contributed by atoms with Gasteiger partial charge in [0.05, 0.1) is 19.9 Å². The maximum atomic E-state index is 13.6. The van der Waals surface area contributed by atoms with E-state index in [4.69, 9.17) is 14.2 Å². The number of nitrogens with zero attached hydrogens (tertiary/aromatic N) is 3. The number of phenols is 2. The molecule has 3 aromatic rings. The molecule has 1 unspecified atom stereocenters. The Bertz CT molecular complexity index is 2660. The van der Waals surface area contributed by atoms with Crippen molar-refractivity contribution in [2.24, 2.45) is 46.3 Å². The second-order valence-electron chi connectivity index (χ2n) is 24.4. The SMILES string of the molecule is COc1cc(/C=C/C(=O)/C(Cc2cn(CCCCCCNC(=O)COCC(=O)NCCCCN[C@H]3CC[C@@]4(C)C(=CC[C@H]5[C@@H]6CC[C@H](C(C)CCCC(C)C)[C@@]6(C)CC[C@@H]54)C3)nn2)=C(O)/C=C/c2ccc(O)c(OC)c2)ccc1O. The van der Waals surface area contributed by atoms with Crippen LogP contribution in [0.15, 0.2) is 77.7 Å². The Morgan fingerprint density at radius 1 is 0.775 bits per heavy atom. The molecule has 2 amide bonds. The molecule has 8 atom stereocenters. The van der Waals surface area contributed by atoms with E-state index in [0.717, 1.165) is 80.6 Å². The fourth-order valence-electron chi connectivity index (χ4n) is 14.1. The first kappa shape index (κ1) is 61.7. The molecule has 3 saturated carbocycles. The van der Waals surface area contributed by atoms with E-state index in [1.807, 2.05) is 0 Å². The lowest BCUT2D eigenvalue weighted by atomic mass is 9.47. The standard InChI is InChI=1S/C65H94N6O9/c1-44(2)15-14-16-45(3)53-23-24-54-51-22-21-48-39-49(29-31-64(48,4)55(51)30-32-65(53,54)5)66-33-11-12-35-68-63(77)43-80-42-62(76)67-34-10-8-9-13-36-71-41-50(69-70-71)40-52(56(72)25-17-46-19-27-58(74)60(37-46)78-6)57(73)26-18-47-20-28-59(75)61(38-47)79-7/h17-21,25-28,37-38,41,44-45,49,51,53-55,66,72,74-75H,8-16,22-24,29-36,39-40,42-43H2,1-7H3,(H,67,76)(H,68,77)/b25-17+,26-18+,56-52-/t45?,49-,51-,53+,54-,55-,64-,65+/m0/s1. The number of allylic oxidation sites excluding steroid dienone is 4. The molecule has 7 rings (SSSR count). The Labute approximate surface area is 476 Å². The van der Waals surface area contributed by atoms with Crippen molar-refractivity contribution in [2.75, 3.05) is 47.1 Å². The molecule has 4 aliphatic rings. The number of ether oxygens (including phenoxy) is 3. The molecule has 438 valence electrons. The molecule has 4 aliphatic carbocycles. The summed E-state index contributed by atoms with van der Waals surface area (Å²) in [5, 5.41) is 49.4. The van der Waals surface area contributed by atoms with Gasteiger partial charge in [-0.25, -0.2) is 0 Å². The van der Waals surface area contributed by atoms with Gasteiger partial charge in [0.15, 0.2) is 28.8 Å². The lowest BCUT2D eigenvalue weighted by Gasteiger charge is -2.58. The zero-order chi connectivity index (χ0) is 57.2. The molecule has 0 spiro atoms. The molecule has 15 nitrogen and oxygen atoms in total. The lowest BCUT2D eigenvalue weighted by Crippen LogP contribution is -2.51. The number of amides is 2. The van der Waals surface area contributed by atoms with Crippen molar-refractivity contribution in [2.45, 2.75) is 163 Å². The number of methoxy groups -OCH3 is 2. The van der Waals surface area contributed by atoms with E-state index < -0.39 is 5.78 Å². The first-order chi connectivity index (χ1) is 38.5. The van der Waals surface area contributed by atoms with Gasteiger partial charge in [0.1, 0.15) is 19.0 Å². The average Bonchev–Trinajstić information content (AvgIpc) is 4.23. The van der Waals surface area contributed by atoms with Crippen LogP contribution in [0.1, 0.15) is 161 Å². The number of aliphatic hydroxyl groups excluding tert-OH is 1. The third-order valence-corrected chi connectivity index (χ3v) is 18.6. The van der Waals surface area contributed by atoms with E-state index in [1.165, 1.54) is 109 Å². The Kier molecular flexibility index (Phi) is 22.9. The van der Waals surface area contributed by atoms with Crippen LogP contribution in [0.4, 0.5) is 0 Å². The van der Waals surface area contributed by atoms with Gasteiger partial charge in [-0.05, 0) is 177 Å². The summed E-state index contributed by atoms with van der Waals surface area (Å²) in [5.74, 6) is 4.45. The smallest absolute Gasteiger partial charge is 0.246 e. The number of phenolic OH excluding ortho intramolecular Hbond substituents is 2. The quantitative estimate of drug-likeness (QED) is 0.0117. The van der Waals surface area contributed by atoms with Crippen molar-refractivity contribution in [1.29, 1.82) is 0 Å². The topological polar surface area (TPSA) is 206 Å². The number of aromatic nitrogens is 3. The molecule has 80 heavy (non-hydrogen) atoms. The number of hydrogen-bond donors (Lipinski definition) is 6. The molecule has 1 heterocycles. The normalized spacial score (nSPS) is 24.2. The van der Waals surface area contributed by atoms with E-state index in [-0.39, 0.29) is 65.8 Å². The highest BCUT2D eigenvalue weighted by atomic mass is 16.5. The van der Waals surface area contributed by atoms with Crippen LogP contribution in [0.2, 0.25) is 0 Å². The molecular formula is C65H94N6O9. The number of ketones is 1. The fraction of sp³-hybridized carbons (Fsp3) is 0.615. The highest BCUT2D eigenvalue weighted by Gasteiger charge is 2.59. The highest BCUT2D eigenvalue weighted by molar-refractivity contribution is 6.07. The maximum Gasteiger partial charge on any atom is 0.246 e. The van der Waals surface area contributed by atoms with Gasteiger partial charge in [-0.15, -0.1) is 5.10 Å². The predicted molar refractivity (Wildman–Crippen MR) is 315 cm³/mol. The van der Waals surface area contributed by atoms with Crippen LogP contribution in [-0.4, -0.2) is 101 Å². The van der Waals surface area contributed by atoms with Crippen molar-refractivity contribution in [3.05, 3.63) is 94.5 Å². The van der Waals surface area contributed by atoms with Crippen molar-refractivity contribution in [3.63, 3.8) is 0 Å². The van der Waals surface area contributed by atoms with Crippen LogP contribution in [-0.2, 0) is 32.1 Å². The average molecular weight is 1100 g/mol. The van der Waals surface area contributed by atoms with Gasteiger partial charge in [0, 0.05) is 43.9 Å². The Morgan fingerprint density at radius 3 is 2.10 bits per heavy atom. The molecule has 1 aromatic heterocycles. The summed E-state index contributed by atoms with van der Waals surface area (Å²) in [4.78, 5) is 38.5. The number of carbonyl (C=O) groups excluding carboxylic acids is 3. The summed E-state index contributed by atoms with van der Waals surface area (Å²) >= 11 is 0. The van der Waals surface area contributed by atoms with Gasteiger partial charge in [0.25, 0.3) is 0 Å². The zero-order valence-corrected chi connectivity index (χ0v) is 49.1. The second kappa shape index (κ2) is 29.7. The fourth-order valence-corrected chi connectivity index (χ4v) is 14.1. The highest BCUT2D eigenvalue weighted by Crippen LogP contribution is 2.67. The van der Waals surface area contributed by atoms with Gasteiger partial charge >= 0.3 is 0 Å². The molecule has 3 fully saturated rings. The minimum absolute atomic E-state index is 0.00179. The number of benzene rings is 2. The summed E-state index contributed by atoms with van der Waals surface area (Å²) in [7, 11) is 2.88. The van der Waals surface area contributed by atoms with Crippen LogP contribution >= 0.6 is 0 Å². The number of rotatable bonds is 31. The van der Waals surface area contributed by atoms with Crippen molar-refractivity contribution in [3.8, 4) is 23.0 Å². The van der Waals surface area contributed by atoms with Crippen LogP contribution in [0.5, 0.6) is 23.0 Å². The second-order valence-corrected chi connectivity index (χ2v) is 24.4. The molecule has 0 radical (unpaired) electrons. The number of nitrogens with one attached hydrogen (secondary N) is 3. The van der Waals surface area contributed by atoms with Gasteiger partial charge in [-0.2, -0.15) is 0 Å². The molecule has 6 N–H and O–H groups in total. The minimum Gasteiger partial charge on any atom is -0.508 e. The van der Waals surface area contributed by atoms with E-state index in [9.17, 15) is 29.7 Å². The summed E-state index contributed by atoms with van der Waals surface area (Å²) in [6.45, 7) is 14.9. The number of fused-ring (bicyclic) bond motifs is 5. The summed E-state index contributed by atoms with van der Waals surface area (Å²) in [5.41, 5.74) is 4.43. The maximum absolute atomic E-state index is 13.6. The van der Waals surface area contributed by atoms with Crippen LogP contribution < -0.4 is 25.4 Å². The molecule has 0 bridgehead atoms. The summed E-state index contributed by atoms with van der Waals surface area (Å²) in [6, 6.07) is 9.95.